The summed E-state index contributed by atoms with van der Waals surface area (Å²) in [5.41, 5.74) is 7.96. The number of aromatic nitrogens is 2. The Morgan fingerprint density at radius 1 is 1.03 bits per heavy atom. The fraction of sp³-hybridized carbons (Fsp3) is 0.154. The van der Waals surface area contributed by atoms with Gasteiger partial charge < -0.3 is 9.72 Å². The van der Waals surface area contributed by atoms with Crippen LogP contribution < -0.4 is 4.74 Å². The molecule has 0 amide bonds. The van der Waals surface area contributed by atoms with Gasteiger partial charge in [-0.3, -0.25) is 0 Å². The highest BCUT2D eigenvalue weighted by molar-refractivity contribution is 5.90. The molecule has 0 aliphatic heterocycles. The zero-order valence-electron chi connectivity index (χ0n) is 17.4. The minimum atomic E-state index is 0.495. The van der Waals surface area contributed by atoms with Gasteiger partial charge >= 0.3 is 0 Å². The fourth-order valence-electron chi connectivity index (χ4n) is 3.35. The van der Waals surface area contributed by atoms with Gasteiger partial charge in [0.25, 0.3) is 0 Å². The highest BCUT2D eigenvalue weighted by Crippen LogP contribution is 2.23. The largest absolute Gasteiger partial charge is 0.489 e. The predicted molar refractivity (Wildman–Crippen MR) is 121 cm³/mol. The van der Waals surface area contributed by atoms with E-state index in [4.69, 9.17) is 4.74 Å². The maximum absolute atomic E-state index is 9.66. The van der Waals surface area contributed by atoms with Crippen LogP contribution in [-0.2, 0) is 6.61 Å². The first kappa shape index (κ1) is 19.5. The number of aryl methyl sites for hydroxylation is 3. The lowest BCUT2D eigenvalue weighted by atomic mass is 10.1. The number of nitriles is 1. The van der Waals surface area contributed by atoms with Gasteiger partial charge in [0.05, 0.1) is 16.6 Å². The van der Waals surface area contributed by atoms with E-state index < -0.39 is 0 Å². The summed E-state index contributed by atoms with van der Waals surface area (Å²) in [6, 6.07) is 22.4. The monoisotopic (exact) mass is 393 g/mol. The van der Waals surface area contributed by atoms with Crippen LogP contribution in [0.15, 0.2) is 60.7 Å². The van der Waals surface area contributed by atoms with Crippen LogP contribution in [0.1, 0.15) is 33.6 Å². The molecule has 0 atom stereocenters. The molecule has 0 spiro atoms. The molecule has 0 saturated heterocycles. The number of aromatic amines is 1. The molecule has 1 N–H and O–H groups in total. The molecule has 1 heterocycles. The molecule has 0 radical (unpaired) electrons. The second-order valence-corrected chi connectivity index (χ2v) is 7.56. The number of H-pyrrole nitrogens is 1. The number of nitrogens with one attached hydrogen (secondary N) is 1. The number of rotatable bonds is 5. The highest BCUT2D eigenvalue weighted by Gasteiger charge is 2.09. The summed E-state index contributed by atoms with van der Waals surface area (Å²) >= 11 is 0. The van der Waals surface area contributed by atoms with Gasteiger partial charge in [-0.15, -0.1) is 0 Å². The molecule has 0 aliphatic rings. The second kappa shape index (κ2) is 8.26. The quantitative estimate of drug-likeness (QED) is 0.415. The zero-order chi connectivity index (χ0) is 21.1. The molecule has 3 aromatic carbocycles. The minimum absolute atomic E-state index is 0.495. The van der Waals surface area contributed by atoms with Crippen LogP contribution in [0.3, 0.4) is 0 Å². The van der Waals surface area contributed by atoms with Crippen LogP contribution in [0.5, 0.6) is 5.75 Å². The Morgan fingerprint density at radius 3 is 2.53 bits per heavy atom. The van der Waals surface area contributed by atoms with E-state index in [2.05, 4.69) is 61.1 Å². The van der Waals surface area contributed by atoms with Crippen molar-refractivity contribution in [1.29, 1.82) is 5.26 Å². The number of imidazole rings is 1. The van der Waals surface area contributed by atoms with Crippen LogP contribution in [0.2, 0.25) is 0 Å². The third-order valence-corrected chi connectivity index (χ3v) is 5.15. The third kappa shape index (κ3) is 4.26. The van der Waals surface area contributed by atoms with Crippen molar-refractivity contribution in [2.75, 3.05) is 0 Å². The molecule has 4 aromatic rings. The molecule has 0 unspecified atom stereocenters. The molecule has 4 heteroatoms. The Hall–Kier alpha value is -3.84. The predicted octanol–water partition coefficient (Wildman–Crippen LogP) is 6.13. The average molecular weight is 393 g/mol. The van der Waals surface area contributed by atoms with E-state index in [1.807, 2.05) is 42.5 Å². The van der Waals surface area contributed by atoms with E-state index in [-0.39, 0.29) is 0 Å². The van der Waals surface area contributed by atoms with Crippen molar-refractivity contribution in [3.8, 4) is 11.8 Å². The van der Waals surface area contributed by atoms with E-state index in [9.17, 15) is 5.26 Å². The summed E-state index contributed by atoms with van der Waals surface area (Å²) in [5, 5.41) is 9.66. The Balaban J connectivity index is 1.52. The van der Waals surface area contributed by atoms with Crippen molar-refractivity contribution in [1.82, 2.24) is 9.97 Å². The number of allylic oxidation sites excluding steroid dienone is 1. The van der Waals surface area contributed by atoms with Gasteiger partial charge in [-0.05, 0) is 73.4 Å². The van der Waals surface area contributed by atoms with Gasteiger partial charge in [-0.25, -0.2) is 4.98 Å². The second-order valence-electron chi connectivity index (χ2n) is 7.56. The Kier molecular flexibility index (Phi) is 5.36. The summed E-state index contributed by atoms with van der Waals surface area (Å²) in [6.45, 7) is 6.73. The van der Waals surface area contributed by atoms with Gasteiger partial charge in [0.1, 0.15) is 24.3 Å². The van der Waals surface area contributed by atoms with Crippen LogP contribution in [0, 0.1) is 32.1 Å². The van der Waals surface area contributed by atoms with Gasteiger partial charge in [-0.2, -0.15) is 5.26 Å². The summed E-state index contributed by atoms with van der Waals surface area (Å²) in [7, 11) is 0. The van der Waals surface area contributed by atoms with Gasteiger partial charge in [0.2, 0.25) is 0 Å². The lowest BCUT2D eigenvalue weighted by Crippen LogP contribution is -1.95. The third-order valence-electron chi connectivity index (χ3n) is 5.15. The maximum atomic E-state index is 9.66. The van der Waals surface area contributed by atoms with Crippen LogP contribution in [0.4, 0.5) is 0 Å². The van der Waals surface area contributed by atoms with Crippen LogP contribution in [-0.4, -0.2) is 9.97 Å². The summed E-state index contributed by atoms with van der Waals surface area (Å²) in [4.78, 5) is 7.86. The van der Waals surface area contributed by atoms with Crippen LogP contribution >= 0.6 is 0 Å². The van der Waals surface area contributed by atoms with Gasteiger partial charge in [0, 0.05) is 0 Å². The number of hydrogen-bond acceptors (Lipinski definition) is 3. The first-order valence-electron chi connectivity index (χ1n) is 9.89. The van der Waals surface area contributed by atoms with E-state index in [0.717, 1.165) is 27.9 Å². The first-order chi connectivity index (χ1) is 14.5. The van der Waals surface area contributed by atoms with Crippen molar-refractivity contribution in [3.05, 3.63) is 94.3 Å². The van der Waals surface area contributed by atoms with Crippen molar-refractivity contribution in [2.24, 2.45) is 0 Å². The lowest BCUT2D eigenvalue weighted by Gasteiger charge is -2.07. The Bertz CT molecular complexity index is 1240. The molecule has 0 fully saturated rings. The van der Waals surface area contributed by atoms with Crippen molar-refractivity contribution < 1.29 is 4.74 Å². The summed E-state index contributed by atoms with van der Waals surface area (Å²) in [6.07, 6.45) is 1.84. The van der Waals surface area contributed by atoms with Gasteiger partial charge in [-0.1, -0.05) is 42.0 Å². The molecule has 0 bridgehead atoms. The summed E-state index contributed by atoms with van der Waals surface area (Å²) < 4.78 is 5.88. The number of nitrogens with zero attached hydrogens (tertiary/aromatic N) is 2. The molecule has 0 saturated carbocycles. The zero-order valence-corrected chi connectivity index (χ0v) is 17.4. The summed E-state index contributed by atoms with van der Waals surface area (Å²) in [5.74, 6) is 1.37. The minimum Gasteiger partial charge on any atom is -0.489 e. The molecule has 148 valence electrons. The number of ether oxygens (including phenoxy) is 1. The molecule has 1 aromatic heterocycles. The topological polar surface area (TPSA) is 61.7 Å². The maximum Gasteiger partial charge on any atom is 0.149 e. The van der Waals surface area contributed by atoms with E-state index in [1.165, 1.54) is 16.7 Å². The fourth-order valence-corrected chi connectivity index (χ4v) is 3.35. The SMILES string of the molecule is Cc1cccc(COc2ccc(/C=C(\C#N)c3nc4cc(C)c(C)cc4[nH]3)cc2)c1. The van der Waals surface area contributed by atoms with E-state index in [1.54, 1.807) is 0 Å². The molecule has 30 heavy (non-hydrogen) atoms. The van der Waals surface area contributed by atoms with E-state index >= 15 is 0 Å². The number of fused-ring (bicyclic) bond motifs is 1. The standard InChI is InChI=1S/C26H23N3O/c1-17-5-4-6-21(11-17)16-30-23-9-7-20(8-10-23)14-22(15-27)26-28-24-12-18(2)19(3)13-25(24)29-26/h4-14H,16H2,1-3H3,(H,28,29)/b22-14+. The number of benzene rings is 3. The molecule has 4 nitrogen and oxygen atoms in total. The normalized spacial score (nSPS) is 11.5. The Labute approximate surface area is 176 Å². The van der Waals surface area contributed by atoms with E-state index in [0.29, 0.717) is 18.0 Å². The molecular formula is C26H23N3O. The van der Waals surface area contributed by atoms with Crippen molar-refractivity contribution in [3.63, 3.8) is 0 Å². The number of hydrogen-bond donors (Lipinski definition) is 1. The highest BCUT2D eigenvalue weighted by atomic mass is 16.5. The van der Waals surface area contributed by atoms with Crippen LogP contribution in [0.25, 0.3) is 22.7 Å². The Morgan fingerprint density at radius 2 is 1.80 bits per heavy atom. The molecule has 4 rings (SSSR count). The van der Waals surface area contributed by atoms with Gasteiger partial charge in [0.15, 0.2) is 0 Å². The molecular weight excluding hydrogens is 370 g/mol. The first-order valence-corrected chi connectivity index (χ1v) is 9.89. The van der Waals surface area contributed by atoms with Crippen molar-refractivity contribution >= 4 is 22.7 Å². The smallest absolute Gasteiger partial charge is 0.149 e. The molecule has 0 aliphatic carbocycles. The van der Waals surface area contributed by atoms with Crippen molar-refractivity contribution in [2.45, 2.75) is 27.4 Å². The average Bonchev–Trinajstić information content (AvgIpc) is 3.14. The lowest BCUT2D eigenvalue weighted by molar-refractivity contribution is 0.306.